The first-order valence-corrected chi connectivity index (χ1v) is 7.28. The zero-order valence-corrected chi connectivity index (χ0v) is 12.5. The van der Waals surface area contributed by atoms with Gasteiger partial charge in [-0.05, 0) is 41.8 Å². The van der Waals surface area contributed by atoms with Crippen LogP contribution in [0.25, 0.3) is 0 Å². The van der Waals surface area contributed by atoms with Gasteiger partial charge in [0.25, 0.3) is 5.91 Å². The summed E-state index contributed by atoms with van der Waals surface area (Å²) in [7, 11) is 0. The molecule has 19 heavy (non-hydrogen) atoms. The van der Waals surface area contributed by atoms with E-state index in [4.69, 9.17) is 0 Å². The molecule has 2 N–H and O–H groups in total. The minimum atomic E-state index is -0.280. The monoisotopic (exact) mass is 327 g/mol. The molecule has 6 heteroatoms. The first kappa shape index (κ1) is 14.3. The summed E-state index contributed by atoms with van der Waals surface area (Å²) in [6, 6.07) is 1.79. The number of hydrogen-bond acceptors (Lipinski definition) is 4. The van der Waals surface area contributed by atoms with Crippen LogP contribution in [0.3, 0.4) is 0 Å². The number of aliphatic hydroxyl groups excluding tert-OH is 1. The minimum absolute atomic E-state index is 0.0309. The van der Waals surface area contributed by atoms with Crippen LogP contribution in [0.15, 0.2) is 16.7 Å². The molecule has 0 aromatic carbocycles. The van der Waals surface area contributed by atoms with E-state index < -0.39 is 0 Å². The Labute approximate surface area is 121 Å². The number of amides is 1. The van der Waals surface area contributed by atoms with E-state index in [0.717, 1.165) is 4.47 Å². The molecule has 0 atom stereocenters. The molecule has 0 spiro atoms. The Balaban J connectivity index is 2.20. The van der Waals surface area contributed by atoms with Gasteiger partial charge in [-0.15, -0.1) is 0 Å². The van der Waals surface area contributed by atoms with Crippen LogP contribution in [-0.2, 0) is 0 Å². The van der Waals surface area contributed by atoms with Crippen LogP contribution in [0.4, 0.5) is 5.82 Å². The second-order valence-electron chi connectivity index (χ2n) is 4.60. The van der Waals surface area contributed by atoms with Gasteiger partial charge < -0.3 is 15.3 Å². The Morgan fingerprint density at radius 3 is 2.89 bits per heavy atom. The predicted molar refractivity (Wildman–Crippen MR) is 77.2 cm³/mol. The molecular formula is C13H18BrN3O2. The van der Waals surface area contributed by atoms with Crippen molar-refractivity contribution in [2.45, 2.75) is 25.9 Å². The highest BCUT2D eigenvalue weighted by atomic mass is 79.9. The number of hydrogen-bond donors (Lipinski definition) is 2. The quantitative estimate of drug-likeness (QED) is 0.889. The summed E-state index contributed by atoms with van der Waals surface area (Å²) >= 11 is 3.35. The number of nitrogens with one attached hydrogen (secondary N) is 1. The number of anilines is 1. The second kappa shape index (κ2) is 6.34. The summed E-state index contributed by atoms with van der Waals surface area (Å²) in [5, 5.41) is 12.6. The maximum atomic E-state index is 12.5. The van der Waals surface area contributed by atoms with Crippen molar-refractivity contribution in [3.05, 3.63) is 22.3 Å². The standard InChI is InChI=1S/C13H18BrN3O2/c1-2-15-12-11(7-9(14)8-16-12)13(19)17-5-3-10(18)4-6-17/h7-8,10,18H,2-6H2,1H3,(H,15,16). The fourth-order valence-corrected chi connectivity index (χ4v) is 2.48. The zero-order valence-electron chi connectivity index (χ0n) is 10.9. The third-order valence-electron chi connectivity index (χ3n) is 3.18. The number of aliphatic hydroxyl groups is 1. The summed E-state index contributed by atoms with van der Waals surface area (Å²) in [6.45, 7) is 3.87. The van der Waals surface area contributed by atoms with Crippen molar-refractivity contribution in [1.29, 1.82) is 0 Å². The molecule has 0 saturated carbocycles. The Bertz CT molecular complexity index is 459. The summed E-state index contributed by atoms with van der Waals surface area (Å²) in [5.41, 5.74) is 0.576. The molecule has 1 aromatic heterocycles. The predicted octanol–water partition coefficient (Wildman–Crippen LogP) is 1.87. The molecule has 0 unspecified atom stereocenters. The Hall–Kier alpha value is -1.14. The molecular weight excluding hydrogens is 310 g/mol. The van der Waals surface area contributed by atoms with E-state index in [-0.39, 0.29) is 12.0 Å². The molecule has 2 heterocycles. The second-order valence-corrected chi connectivity index (χ2v) is 5.52. The highest BCUT2D eigenvalue weighted by Crippen LogP contribution is 2.21. The topological polar surface area (TPSA) is 65.5 Å². The number of piperidine rings is 1. The van der Waals surface area contributed by atoms with Gasteiger partial charge in [0, 0.05) is 30.3 Å². The largest absolute Gasteiger partial charge is 0.393 e. The Kier molecular flexibility index (Phi) is 4.76. The number of carbonyl (C=O) groups excluding carboxylic acids is 1. The van der Waals surface area contributed by atoms with Crippen molar-refractivity contribution >= 4 is 27.7 Å². The maximum Gasteiger partial charge on any atom is 0.257 e. The molecule has 0 aliphatic carbocycles. The molecule has 2 rings (SSSR count). The fraction of sp³-hybridized carbons (Fsp3) is 0.538. The highest BCUT2D eigenvalue weighted by Gasteiger charge is 2.24. The number of carbonyl (C=O) groups is 1. The molecule has 1 aliphatic heterocycles. The average Bonchev–Trinajstić information content (AvgIpc) is 2.41. The molecule has 0 radical (unpaired) electrons. The smallest absolute Gasteiger partial charge is 0.257 e. The third-order valence-corrected chi connectivity index (χ3v) is 3.61. The van der Waals surface area contributed by atoms with E-state index in [2.05, 4.69) is 26.2 Å². The molecule has 1 saturated heterocycles. The number of aromatic nitrogens is 1. The van der Waals surface area contributed by atoms with E-state index >= 15 is 0 Å². The van der Waals surface area contributed by atoms with Crippen LogP contribution >= 0.6 is 15.9 Å². The van der Waals surface area contributed by atoms with Crippen molar-refractivity contribution in [1.82, 2.24) is 9.88 Å². The number of nitrogens with zero attached hydrogens (tertiary/aromatic N) is 2. The number of halogens is 1. The lowest BCUT2D eigenvalue weighted by Crippen LogP contribution is -2.40. The van der Waals surface area contributed by atoms with Gasteiger partial charge in [0.05, 0.1) is 11.7 Å². The molecule has 1 amide bonds. The summed E-state index contributed by atoms with van der Waals surface area (Å²) in [5.74, 6) is 0.582. The van der Waals surface area contributed by atoms with Gasteiger partial charge >= 0.3 is 0 Å². The fourth-order valence-electron chi connectivity index (χ4n) is 2.15. The van der Waals surface area contributed by atoms with Crippen LogP contribution < -0.4 is 5.32 Å². The summed E-state index contributed by atoms with van der Waals surface area (Å²) in [4.78, 5) is 18.5. The van der Waals surface area contributed by atoms with Crippen molar-refractivity contribution in [3.8, 4) is 0 Å². The van der Waals surface area contributed by atoms with Gasteiger partial charge in [0.2, 0.25) is 0 Å². The number of likely N-dealkylation sites (tertiary alicyclic amines) is 1. The Morgan fingerprint density at radius 1 is 1.58 bits per heavy atom. The highest BCUT2D eigenvalue weighted by molar-refractivity contribution is 9.10. The lowest BCUT2D eigenvalue weighted by Gasteiger charge is -2.30. The van der Waals surface area contributed by atoms with Gasteiger partial charge in [0.15, 0.2) is 0 Å². The SMILES string of the molecule is CCNc1ncc(Br)cc1C(=O)N1CCC(O)CC1. The first-order valence-electron chi connectivity index (χ1n) is 6.48. The summed E-state index contributed by atoms with van der Waals surface area (Å²) in [6.07, 6.45) is 2.68. The average molecular weight is 328 g/mol. The summed E-state index contributed by atoms with van der Waals surface area (Å²) < 4.78 is 0.787. The molecule has 104 valence electrons. The van der Waals surface area contributed by atoms with Gasteiger partial charge in [-0.25, -0.2) is 4.98 Å². The molecule has 1 aliphatic rings. The lowest BCUT2D eigenvalue weighted by atomic mass is 10.1. The molecule has 0 bridgehead atoms. The molecule has 1 aromatic rings. The van der Waals surface area contributed by atoms with Crippen molar-refractivity contribution < 1.29 is 9.90 Å². The maximum absolute atomic E-state index is 12.5. The van der Waals surface area contributed by atoms with E-state index in [9.17, 15) is 9.90 Å². The van der Waals surface area contributed by atoms with Crippen molar-refractivity contribution in [2.75, 3.05) is 25.0 Å². The Morgan fingerprint density at radius 2 is 2.26 bits per heavy atom. The van der Waals surface area contributed by atoms with Crippen LogP contribution in [0.1, 0.15) is 30.1 Å². The number of rotatable bonds is 3. The van der Waals surface area contributed by atoms with Gasteiger partial charge in [-0.2, -0.15) is 0 Å². The van der Waals surface area contributed by atoms with Gasteiger partial charge in [-0.1, -0.05) is 0 Å². The molecule has 5 nitrogen and oxygen atoms in total. The molecule has 1 fully saturated rings. The normalized spacial score (nSPS) is 16.5. The van der Waals surface area contributed by atoms with Crippen LogP contribution in [0.5, 0.6) is 0 Å². The first-order chi connectivity index (χ1) is 9.11. The van der Waals surface area contributed by atoms with Crippen molar-refractivity contribution in [3.63, 3.8) is 0 Å². The minimum Gasteiger partial charge on any atom is -0.393 e. The number of pyridine rings is 1. The van der Waals surface area contributed by atoms with Gasteiger partial charge in [-0.3, -0.25) is 4.79 Å². The van der Waals surface area contributed by atoms with Crippen LogP contribution in [0.2, 0.25) is 0 Å². The van der Waals surface area contributed by atoms with Crippen molar-refractivity contribution in [2.24, 2.45) is 0 Å². The van der Waals surface area contributed by atoms with E-state index in [1.165, 1.54) is 0 Å². The third kappa shape index (κ3) is 3.45. The van der Waals surface area contributed by atoms with E-state index in [1.807, 2.05) is 6.92 Å². The zero-order chi connectivity index (χ0) is 13.8. The van der Waals surface area contributed by atoms with Crippen LogP contribution in [0, 0.1) is 0 Å². The van der Waals surface area contributed by atoms with Crippen LogP contribution in [-0.4, -0.2) is 46.6 Å². The van der Waals surface area contributed by atoms with Gasteiger partial charge in [0.1, 0.15) is 5.82 Å². The van der Waals surface area contributed by atoms with E-state index in [1.54, 1.807) is 17.2 Å². The lowest BCUT2D eigenvalue weighted by molar-refractivity contribution is 0.0547. The van der Waals surface area contributed by atoms with E-state index in [0.29, 0.717) is 43.9 Å².